The molecule has 1 aliphatic carbocycles. The summed E-state index contributed by atoms with van der Waals surface area (Å²) in [6.07, 6.45) is 4.51. The fourth-order valence-electron chi connectivity index (χ4n) is 2.31. The number of rotatable bonds is 4. The maximum absolute atomic E-state index is 6.01. The first-order valence-corrected chi connectivity index (χ1v) is 6.96. The first-order valence-electron chi connectivity index (χ1n) is 6.17. The molecule has 2 atom stereocenters. The van der Waals surface area contributed by atoms with Crippen molar-refractivity contribution in [1.29, 1.82) is 0 Å². The van der Waals surface area contributed by atoms with Crippen molar-refractivity contribution in [3.05, 3.63) is 15.9 Å². The van der Waals surface area contributed by atoms with Crippen molar-refractivity contribution < 1.29 is 0 Å². The van der Waals surface area contributed by atoms with Crippen LogP contribution >= 0.6 is 15.9 Å². The van der Waals surface area contributed by atoms with E-state index in [9.17, 15) is 0 Å². The van der Waals surface area contributed by atoms with Gasteiger partial charge in [-0.05, 0) is 54.5 Å². The summed E-state index contributed by atoms with van der Waals surface area (Å²) in [5.41, 5.74) is 8.51. The molecule has 0 aliphatic heterocycles. The molecule has 3 nitrogen and oxygen atoms in total. The van der Waals surface area contributed by atoms with Gasteiger partial charge in [-0.3, -0.25) is 4.68 Å². The van der Waals surface area contributed by atoms with Crippen LogP contribution in [-0.2, 0) is 19.4 Å². The molecule has 2 N–H and O–H groups in total. The minimum absolute atomic E-state index is 0.400. The van der Waals surface area contributed by atoms with Gasteiger partial charge in [-0.1, -0.05) is 6.92 Å². The number of hydrogen-bond acceptors (Lipinski definition) is 2. The summed E-state index contributed by atoms with van der Waals surface area (Å²) >= 11 is 3.68. The Labute approximate surface area is 106 Å². The van der Waals surface area contributed by atoms with Crippen LogP contribution in [0.4, 0.5) is 0 Å². The topological polar surface area (TPSA) is 43.8 Å². The Bertz CT molecular complexity index is 373. The van der Waals surface area contributed by atoms with Crippen LogP contribution in [0.15, 0.2) is 4.47 Å². The molecule has 1 aromatic heterocycles. The summed E-state index contributed by atoms with van der Waals surface area (Å²) in [6, 6.07) is 0.400. The minimum Gasteiger partial charge on any atom is -0.327 e. The van der Waals surface area contributed by atoms with Gasteiger partial charge in [0.1, 0.15) is 0 Å². The third kappa shape index (κ3) is 2.05. The SMILES string of the molecule is CCc1nn(CC)c(CC2CCC2N)c1Br. The summed E-state index contributed by atoms with van der Waals surface area (Å²) in [6.45, 7) is 5.23. The van der Waals surface area contributed by atoms with Crippen molar-refractivity contribution in [2.45, 2.75) is 52.1 Å². The number of hydrogen-bond donors (Lipinski definition) is 1. The number of aromatic nitrogens is 2. The van der Waals surface area contributed by atoms with E-state index in [1.54, 1.807) is 0 Å². The van der Waals surface area contributed by atoms with Gasteiger partial charge in [0, 0.05) is 12.6 Å². The Hall–Kier alpha value is -0.350. The molecular weight excluding hydrogens is 266 g/mol. The molecule has 0 saturated heterocycles. The lowest BCUT2D eigenvalue weighted by Gasteiger charge is -2.33. The van der Waals surface area contributed by atoms with Crippen LogP contribution in [0.3, 0.4) is 0 Å². The fraction of sp³-hybridized carbons (Fsp3) is 0.750. The quantitative estimate of drug-likeness (QED) is 0.924. The maximum atomic E-state index is 6.01. The minimum atomic E-state index is 0.400. The van der Waals surface area contributed by atoms with Crippen molar-refractivity contribution in [3.8, 4) is 0 Å². The van der Waals surface area contributed by atoms with Gasteiger partial charge < -0.3 is 5.73 Å². The molecule has 0 spiro atoms. The molecule has 0 amide bonds. The average molecular weight is 286 g/mol. The van der Waals surface area contributed by atoms with Gasteiger partial charge in [0.25, 0.3) is 0 Å². The molecule has 4 heteroatoms. The smallest absolute Gasteiger partial charge is 0.0766 e. The van der Waals surface area contributed by atoms with Crippen LogP contribution in [0.25, 0.3) is 0 Å². The number of nitrogens with two attached hydrogens (primary N) is 1. The first kappa shape index (κ1) is 12.1. The average Bonchev–Trinajstić information content (AvgIpc) is 2.60. The zero-order chi connectivity index (χ0) is 11.7. The molecule has 2 rings (SSSR count). The Balaban J connectivity index is 2.20. The predicted molar refractivity (Wildman–Crippen MR) is 69.4 cm³/mol. The molecule has 0 bridgehead atoms. The van der Waals surface area contributed by atoms with Gasteiger partial charge in [0.15, 0.2) is 0 Å². The van der Waals surface area contributed by atoms with E-state index in [4.69, 9.17) is 5.73 Å². The highest BCUT2D eigenvalue weighted by Gasteiger charge is 2.29. The van der Waals surface area contributed by atoms with Crippen molar-refractivity contribution in [2.24, 2.45) is 11.7 Å². The number of nitrogens with zero attached hydrogens (tertiary/aromatic N) is 2. The summed E-state index contributed by atoms with van der Waals surface area (Å²) in [5, 5.41) is 4.61. The van der Waals surface area contributed by atoms with Gasteiger partial charge >= 0.3 is 0 Å². The van der Waals surface area contributed by atoms with E-state index in [1.807, 2.05) is 0 Å². The van der Waals surface area contributed by atoms with Gasteiger partial charge in [-0.15, -0.1) is 0 Å². The zero-order valence-corrected chi connectivity index (χ0v) is 11.6. The Kier molecular flexibility index (Phi) is 3.70. The largest absolute Gasteiger partial charge is 0.327 e. The van der Waals surface area contributed by atoms with E-state index in [1.165, 1.54) is 28.7 Å². The van der Waals surface area contributed by atoms with Crippen molar-refractivity contribution in [2.75, 3.05) is 0 Å². The zero-order valence-electron chi connectivity index (χ0n) is 10.0. The Morgan fingerprint density at radius 1 is 1.44 bits per heavy atom. The van der Waals surface area contributed by atoms with Crippen LogP contribution in [0.2, 0.25) is 0 Å². The molecule has 2 unspecified atom stereocenters. The first-order chi connectivity index (χ1) is 7.67. The van der Waals surface area contributed by atoms with Crippen molar-refractivity contribution in [3.63, 3.8) is 0 Å². The third-order valence-corrected chi connectivity index (χ3v) is 4.54. The maximum Gasteiger partial charge on any atom is 0.0766 e. The van der Waals surface area contributed by atoms with Crippen LogP contribution in [0.1, 0.15) is 38.1 Å². The van der Waals surface area contributed by atoms with E-state index in [0.29, 0.717) is 12.0 Å². The highest BCUT2D eigenvalue weighted by atomic mass is 79.9. The van der Waals surface area contributed by atoms with E-state index in [-0.39, 0.29) is 0 Å². The van der Waals surface area contributed by atoms with Crippen LogP contribution in [-0.4, -0.2) is 15.8 Å². The lowest BCUT2D eigenvalue weighted by molar-refractivity contribution is 0.250. The molecule has 1 fully saturated rings. The molecular formula is C12H20BrN3. The summed E-state index contributed by atoms with van der Waals surface area (Å²) in [5.74, 6) is 0.656. The lowest BCUT2D eigenvalue weighted by Crippen LogP contribution is -2.40. The fourth-order valence-corrected chi connectivity index (χ4v) is 3.04. The van der Waals surface area contributed by atoms with Crippen LogP contribution in [0, 0.1) is 5.92 Å². The van der Waals surface area contributed by atoms with Crippen molar-refractivity contribution >= 4 is 15.9 Å². The Morgan fingerprint density at radius 2 is 2.19 bits per heavy atom. The highest BCUT2D eigenvalue weighted by molar-refractivity contribution is 9.10. The van der Waals surface area contributed by atoms with E-state index >= 15 is 0 Å². The monoisotopic (exact) mass is 285 g/mol. The second-order valence-corrected chi connectivity index (χ2v) is 5.38. The standard InChI is InChI=1S/C12H20BrN3/c1-3-10-12(13)11(16(4-2)15-10)7-8-5-6-9(8)14/h8-9H,3-7,14H2,1-2H3. The molecule has 1 heterocycles. The summed E-state index contributed by atoms with van der Waals surface area (Å²) < 4.78 is 3.32. The van der Waals surface area contributed by atoms with E-state index < -0.39 is 0 Å². The van der Waals surface area contributed by atoms with Crippen LogP contribution in [0.5, 0.6) is 0 Å². The molecule has 1 saturated carbocycles. The lowest BCUT2D eigenvalue weighted by atomic mass is 9.77. The third-order valence-electron chi connectivity index (χ3n) is 3.63. The summed E-state index contributed by atoms with van der Waals surface area (Å²) in [4.78, 5) is 0. The normalized spacial score (nSPS) is 24.5. The molecule has 16 heavy (non-hydrogen) atoms. The van der Waals surface area contributed by atoms with E-state index in [0.717, 1.165) is 19.4 Å². The van der Waals surface area contributed by atoms with E-state index in [2.05, 4.69) is 39.6 Å². The molecule has 1 aliphatic rings. The molecule has 90 valence electrons. The number of aryl methyl sites for hydroxylation is 2. The molecule has 1 aromatic rings. The molecule has 0 aromatic carbocycles. The van der Waals surface area contributed by atoms with Gasteiger partial charge in [0.2, 0.25) is 0 Å². The highest BCUT2D eigenvalue weighted by Crippen LogP contribution is 2.32. The van der Waals surface area contributed by atoms with Gasteiger partial charge in [0.05, 0.1) is 15.9 Å². The second-order valence-electron chi connectivity index (χ2n) is 4.58. The van der Waals surface area contributed by atoms with Gasteiger partial charge in [-0.25, -0.2) is 0 Å². The van der Waals surface area contributed by atoms with Crippen molar-refractivity contribution in [1.82, 2.24) is 9.78 Å². The number of halogens is 1. The second kappa shape index (κ2) is 4.88. The summed E-state index contributed by atoms with van der Waals surface area (Å²) in [7, 11) is 0. The van der Waals surface area contributed by atoms with Gasteiger partial charge in [-0.2, -0.15) is 5.10 Å². The molecule has 0 radical (unpaired) electrons. The van der Waals surface area contributed by atoms with Crippen LogP contribution < -0.4 is 5.73 Å². The Morgan fingerprint density at radius 3 is 2.62 bits per heavy atom. The predicted octanol–water partition coefficient (Wildman–Crippen LogP) is 2.51.